The zero-order valence-electron chi connectivity index (χ0n) is 19.0. The first kappa shape index (κ1) is 25.1. The van der Waals surface area contributed by atoms with Crippen molar-refractivity contribution in [1.29, 1.82) is 0 Å². The van der Waals surface area contributed by atoms with Crippen LogP contribution >= 0.6 is 11.3 Å². The van der Waals surface area contributed by atoms with Crippen LogP contribution in [0.4, 0.5) is 9.52 Å². The highest BCUT2D eigenvalue weighted by atomic mass is 32.2. The molecule has 1 heterocycles. The van der Waals surface area contributed by atoms with Crippen LogP contribution in [0, 0.1) is 5.82 Å². The third-order valence-electron chi connectivity index (χ3n) is 4.95. The minimum absolute atomic E-state index is 0.00259. The lowest BCUT2D eigenvalue weighted by molar-refractivity contribution is -0.118. The molecule has 0 N–H and O–H groups in total. The molecule has 0 bridgehead atoms. The number of anilines is 1. The van der Waals surface area contributed by atoms with Crippen molar-refractivity contribution in [1.82, 2.24) is 9.88 Å². The van der Waals surface area contributed by atoms with E-state index in [1.54, 1.807) is 4.90 Å². The van der Waals surface area contributed by atoms with Crippen LogP contribution in [0.2, 0.25) is 0 Å². The summed E-state index contributed by atoms with van der Waals surface area (Å²) in [6.45, 7) is 3.58. The van der Waals surface area contributed by atoms with Gasteiger partial charge >= 0.3 is 0 Å². The van der Waals surface area contributed by atoms with Gasteiger partial charge < -0.3 is 9.64 Å². The van der Waals surface area contributed by atoms with Crippen molar-refractivity contribution in [2.75, 3.05) is 44.4 Å². The normalized spacial score (nSPS) is 11.8. The minimum atomic E-state index is -3.72. The molecule has 1 amide bonds. The summed E-state index contributed by atoms with van der Waals surface area (Å²) in [7, 11) is 0.184. The monoisotopic (exact) mass is 493 g/mol. The lowest BCUT2D eigenvalue weighted by Crippen LogP contribution is -2.34. The number of para-hydroxylation sites is 1. The Morgan fingerprint density at radius 2 is 1.85 bits per heavy atom. The molecular weight excluding hydrogens is 465 g/mol. The van der Waals surface area contributed by atoms with E-state index in [1.807, 2.05) is 44.1 Å². The maximum atomic E-state index is 13.2. The summed E-state index contributed by atoms with van der Waals surface area (Å²) < 4.78 is 45.0. The van der Waals surface area contributed by atoms with Gasteiger partial charge in [0.15, 0.2) is 15.0 Å². The number of rotatable bonds is 11. The van der Waals surface area contributed by atoms with E-state index in [2.05, 4.69) is 4.98 Å². The average molecular weight is 494 g/mol. The SMILES string of the molecule is CCOc1cccc2sc(N(CCCN(C)C)C(=O)CCS(=O)(=O)c3ccc(F)cc3)nc12. The third-order valence-corrected chi connectivity index (χ3v) is 7.72. The lowest BCUT2D eigenvalue weighted by atomic mass is 10.3. The van der Waals surface area contributed by atoms with Crippen LogP contribution in [0.5, 0.6) is 5.75 Å². The van der Waals surface area contributed by atoms with E-state index in [0.29, 0.717) is 36.0 Å². The predicted molar refractivity (Wildman–Crippen MR) is 129 cm³/mol. The molecule has 1 aromatic heterocycles. The highest BCUT2D eigenvalue weighted by Crippen LogP contribution is 2.34. The number of sulfone groups is 1. The van der Waals surface area contributed by atoms with E-state index in [0.717, 1.165) is 23.4 Å². The first-order valence-electron chi connectivity index (χ1n) is 10.7. The van der Waals surface area contributed by atoms with E-state index >= 15 is 0 Å². The Hall–Kier alpha value is -2.56. The Morgan fingerprint density at radius 3 is 2.52 bits per heavy atom. The van der Waals surface area contributed by atoms with Crippen LogP contribution in [0.3, 0.4) is 0 Å². The number of carbonyl (C=O) groups excluding carboxylic acids is 1. The zero-order valence-corrected chi connectivity index (χ0v) is 20.6. The van der Waals surface area contributed by atoms with Gasteiger partial charge in [-0.25, -0.2) is 17.8 Å². The summed E-state index contributed by atoms with van der Waals surface area (Å²) in [6, 6.07) is 10.3. The summed E-state index contributed by atoms with van der Waals surface area (Å²) in [4.78, 5) is 21.4. The van der Waals surface area contributed by atoms with Crippen LogP contribution < -0.4 is 9.64 Å². The van der Waals surface area contributed by atoms with Crippen molar-refractivity contribution in [3.05, 3.63) is 48.3 Å². The largest absolute Gasteiger partial charge is 0.492 e. The number of hydrogen-bond donors (Lipinski definition) is 0. The minimum Gasteiger partial charge on any atom is -0.492 e. The van der Waals surface area contributed by atoms with E-state index in [1.165, 1.54) is 23.5 Å². The number of aromatic nitrogens is 1. The molecule has 2 aromatic carbocycles. The van der Waals surface area contributed by atoms with Crippen LogP contribution in [-0.4, -0.2) is 63.8 Å². The molecule has 33 heavy (non-hydrogen) atoms. The van der Waals surface area contributed by atoms with Crippen LogP contribution in [0.1, 0.15) is 19.8 Å². The van der Waals surface area contributed by atoms with Gasteiger partial charge in [-0.1, -0.05) is 17.4 Å². The Morgan fingerprint density at radius 1 is 1.12 bits per heavy atom. The average Bonchev–Trinajstić information content (AvgIpc) is 3.20. The van der Waals surface area contributed by atoms with Gasteiger partial charge in [-0.15, -0.1) is 0 Å². The van der Waals surface area contributed by atoms with Gasteiger partial charge in [0.25, 0.3) is 0 Å². The number of fused-ring (bicyclic) bond motifs is 1. The summed E-state index contributed by atoms with van der Waals surface area (Å²) >= 11 is 1.37. The molecule has 0 atom stereocenters. The second kappa shape index (κ2) is 11.0. The molecule has 10 heteroatoms. The molecule has 3 rings (SSSR count). The molecule has 0 aliphatic carbocycles. The summed E-state index contributed by atoms with van der Waals surface area (Å²) in [5.74, 6) is -0.551. The Labute approximate surface area is 197 Å². The maximum absolute atomic E-state index is 13.2. The van der Waals surface area contributed by atoms with E-state index in [4.69, 9.17) is 4.74 Å². The van der Waals surface area contributed by atoms with Gasteiger partial charge in [-0.2, -0.15) is 0 Å². The number of hydrogen-bond acceptors (Lipinski definition) is 7. The van der Waals surface area contributed by atoms with Gasteiger partial charge in [-0.05, 0) is 70.4 Å². The molecule has 0 spiro atoms. The van der Waals surface area contributed by atoms with Gasteiger partial charge in [0.05, 0.1) is 22.0 Å². The smallest absolute Gasteiger partial charge is 0.229 e. The van der Waals surface area contributed by atoms with Crippen molar-refractivity contribution >= 4 is 42.4 Å². The summed E-state index contributed by atoms with van der Waals surface area (Å²) in [6.07, 6.45) is 0.508. The molecule has 7 nitrogen and oxygen atoms in total. The first-order valence-corrected chi connectivity index (χ1v) is 13.1. The number of amides is 1. The standard InChI is InChI=1S/C23H28FN3O4S2/c1-4-31-19-7-5-8-20-22(19)25-23(32-20)27(15-6-14-26(2)3)21(28)13-16-33(29,30)18-11-9-17(24)10-12-18/h5,7-12H,4,6,13-16H2,1-3H3. The van der Waals surface area contributed by atoms with E-state index in [9.17, 15) is 17.6 Å². The molecule has 0 unspecified atom stereocenters. The predicted octanol–water partition coefficient (Wildman–Crippen LogP) is 3.98. The number of ether oxygens (including phenoxy) is 1. The Balaban J connectivity index is 1.82. The van der Waals surface area contributed by atoms with Gasteiger partial charge in [0, 0.05) is 13.0 Å². The van der Waals surface area contributed by atoms with Gasteiger partial charge in [-0.3, -0.25) is 9.69 Å². The fraction of sp³-hybridized carbons (Fsp3) is 0.391. The van der Waals surface area contributed by atoms with Gasteiger partial charge in [0.2, 0.25) is 5.91 Å². The quantitative estimate of drug-likeness (QED) is 0.376. The molecule has 178 valence electrons. The molecule has 0 radical (unpaired) electrons. The molecular formula is C23H28FN3O4S2. The zero-order chi connectivity index (χ0) is 24.0. The van der Waals surface area contributed by atoms with Crippen molar-refractivity contribution in [2.24, 2.45) is 0 Å². The van der Waals surface area contributed by atoms with Crippen molar-refractivity contribution in [3.63, 3.8) is 0 Å². The number of thiazole rings is 1. The fourth-order valence-corrected chi connectivity index (χ4v) is 5.54. The number of nitrogens with zero attached hydrogens (tertiary/aromatic N) is 3. The molecule has 0 aliphatic rings. The van der Waals surface area contributed by atoms with Gasteiger partial charge in [0.1, 0.15) is 17.1 Å². The number of benzene rings is 2. The van der Waals surface area contributed by atoms with Crippen molar-refractivity contribution in [3.8, 4) is 5.75 Å². The van der Waals surface area contributed by atoms with Crippen LogP contribution in [-0.2, 0) is 14.6 Å². The van der Waals surface area contributed by atoms with Crippen LogP contribution in [0.15, 0.2) is 47.4 Å². The Kier molecular flexibility index (Phi) is 8.39. The summed E-state index contributed by atoms with van der Waals surface area (Å²) in [5.41, 5.74) is 0.684. The second-order valence-electron chi connectivity index (χ2n) is 7.76. The molecule has 0 fully saturated rings. The maximum Gasteiger partial charge on any atom is 0.229 e. The highest BCUT2D eigenvalue weighted by molar-refractivity contribution is 7.91. The second-order valence-corrected chi connectivity index (χ2v) is 10.9. The third kappa shape index (κ3) is 6.49. The lowest BCUT2D eigenvalue weighted by Gasteiger charge is -2.21. The molecule has 3 aromatic rings. The van der Waals surface area contributed by atoms with E-state index < -0.39 is 15.7 Å². The molecule has 0 aliphatic heterocycles. The van der Waals surface area contributed by atoms with Crippen molar-refractivity contribution < 1.29 is 22.3 Å². The van der Waals surface area contributed by atoms with Crippen LogP contribution in [0.25, 0.3) is 10.2 Å². The molecule has 0 saturated heterocycles. The molecule has 0 saturated carbocycles. The Bertz CT molecular complexity index is 1190. The van der Waals surface area contributed by atoms with Crippen molar-refractivity contribution in [2.45, 2.75) is 24.7 Å². The number of halogens is 1. The topological polar surface area (TPSA) is 79.8 Å². The fourth-order valence-electron chi connectivity index (χ4n) is 3.29. The first-order chi connectivity index (χ1) is 15.7. The van der Waals surface area contributed by atoms with E-state index in [-0.39, 0.29) is 23.0 Å². The number of carbonyl (C=O) groups is 1. The summed E-state index contributed by atoms with van der Waals surface area (Å²) in [5, 5.41) is 0.514. The highest BCUT2D eigenvalue weighted by Gasteiger charge is 2.24.